The maximum Gasteiger partial charge on any atom is 0.0630 e. The van der Waals surface area contributed by atoms with Crippen LogP contribution in [0.25, 0.3) is 0 Å². The third-order valence-corrected chi connectivity index (χ3v) is 3.45. The predicted molar refractivity (Wildman–Crippen MR) is 62.0 cm³/mol. The van der Waals surface area contributed by atoms with Crippen LogP contribution in [0.3, 0.4) is 0 Å². The third kappa shape index (κ3) is 4.09. The summed E-state index contributed by atoms with van der Waals surface area (Å²) in [6.07, 6.45) is 5.60. The maximum atomic E-state index is 5.30. The topological polar surface area (TPSA) is 24.5 Å². The summed E-state index contributed by atoms with van der Waals surface area (Å²) in [4.78, 5) is 2.47. The van der Waals surface area contributed by atoms with Crippen molar-refractivity contribution in [3.63, 3.8) is 0 Å². The second-order valence-corrected chi connectivity index (χ2v) is 5.17. The second kappa shape index (κ2) is 5.28. The number of nitrogens with one attached hydrogen (secondary N) is 1. The highest BCUT2D eigenvalue weighted by Gasteiger charge is 2.27. The molecule has 0 aliphatic heterocycles. The van der Waals surface area contributed by atoms with E-state index in [9.17, 15) is 0 Å². The molecule has 15 heavy (non-hydrogen) atoms. The van der Waals surface area contributed by atoms with E-state index in [1.54, 1.807) is 7.11 Å². The molecule has 0 heterocycles. The normalized spacial score (nSPS) is 23.4. The first kappa shape index (κ1) is 11.4. The number of ether oxygens (including phenoxy) is 1. The molecule has 0 radical (unpaired) electrons. The van der Waals surface area contributed by atoms with Crippen LogP contribution in [0.15, 0.2) is 0 Å². The molecule has 0 amide bonds. The van der Waals surface area contributed by atoms with E-state index in [2.05, 4.69) is 17.3 Å². The average molecular weight is 212 g/mol. The second-order valence-electron chi connectivity index (χ2n) is 5.17. The Hall–Kier alpha value is -0.120. The molecule has 2 aliphatic rings. The number of rotatable bonds is 8. The molecule has 3 nitrogen and oxygen atoms in total. The highest BCUT2D eigenvalue weighted by Crippen LogP contribution is 2.29. The zero-order chi connectivity index (χ0) is 10.7. The summed E-state index contributed by atoms with van der Waals surface area (Å²) in [5, 5.41) is 3.59. The van der Waals surface area contributed by atoms with Crippen LogP contribution in [-0.2, 0) is 4.74 Å². The van der Waals surface area contributed by atoms with Crippen LogP contribution in [-0.4, -0.2) is 50.8 Å². The van der Waals surface area contributed by atoms with Crippen LogP contribution in [0.4, 0.5) is 0 Å². The van der Waals surface area contributed by atoms with E-state index in [0.717, 1.165) is 25.1 Å². The molecule has 0 aromatic carbocycles. The van der Waals surface area contributed by atoms with Crippen LogP contribution < -0.4 is 5.32 Å². The lowest BCUT2D eigenvalue weighted by molar-refractivity contribution is 0.102. The van der Waals surface area contributed by atoms with E-state index >= 15 is 0 Å². The van der Waals surface area contributed by atoms with Gasteiger partial charge in [0.25, 0.3) is 0 Å². The Bertz CT molecular complexity index is 190. The van der Waals surface area contributed by atoms with Crippen molar-refractivity contribution in [1.82, 2.24) is 10.2 Å². The summed E-state index contributed by atoms with van der Waals surface area (Å²) < 4.78 is 5.30. The molecule has 3 heteroatoms. The molecule has 0 spiro atoms. The fourth-order valence-corrected chi connectivity index (χ4v) is 1.98. The van der Waals surface area contributed by atoms with Crippen LogP contribution >= 0.6 is 0 Å². The van der Waals surface area contributed by atoms with E-state index in [0.29, 0.717) is 6.04 Å². The van der Waals surface area contributed by atoms with Gasteiger partial charge in [-0.05, 0) is 38.6 Å². The summed E-state index contributed by atoms with van der Waals surface area (Å²) in [7, 11) is 4.03. The lowest BCUT2D eigenvalue weighted by atomic mass is 10.2. The Morgan fingerprint density at radius 3 is 2.60 bits per heavy atom. The summed E-state index contributed by atoms with van der Waals surface area (Å²) in [6, 6.07) is 1.36. The van der Waals surface area contributed by atoms with Gasteiger partial charge in [0.1, 0.15) is 0 Å². The van der Waals surface area contributed by atoms with Gasteiger partial charge in [-0.15, -0.1) is 0 Å². The van der Waals surface area contributed by atoms with Crippen molar-refractivity contribution in [3.05, 3.63) is 0 Å². The largest absolute Gasteiger partial charge is 0.383 e. The van der Waals surface area contributed by atoms with Gasteiger partial charge in [-0.25, -0.2) is 0 Å². The molecule has 2 saturated carbocycles. The highest BCUT2D eigenvalue weighted by molar-refractivity contribution is 4.85. The van der Waals surface area contributed by atoms with Crippen LogP contribution in [0, 0.1) is 5.92 Å². The molecular formula is C12H24N2O. The Morgan fingerprint density at radius 1 is 1.33 bits per heavy atom. The van der Waals surface area contributed by atoms with E-state index in [1.165, 1.54) is 32.2 Å². The standard InChI is InChI=1S/C12H24N2O/c1-14(8-10-3-4-10)12(9-15-2)7-13-11-5-6-11/h10-13H,3-9H2,1-2H3. The number of likely N-dealkylation sites (N-methyl/N-ethyl adjacent to an activating group) is 1. The minimum absolute atomic E-state index is 0.552. The SMILES string of the molecule is COCC(CNC1CC1)N(C)CC1CC1. The van der Waals surface area contributed by atoms with Crippen molar-refractivity contribution >= 4 is 0 Å². The van der Waals surface area contributed by atoms with Gasteiger partial charge in [0.2, 0.25) is 0 Å². The minimum atomic E-state index is 0.552. The smallest absolute Gasteiger partial charge is 0.0630 e. The molecule has 2 rings (SSSR count). The van der Waals surface area contributed by atoms with Crippen molar-refractivity contribution in [3.8, 4) is 0 Å². The van der Waals surface area contributed by atoms with Gasteiger partial charge >= 0.3 is 0 Å². The first-order chi connectivity index (χ1) is 7.29. The lowest BCUT2D eigenvalue weighted by Crippen LogP contribution is -2.44. The number of methoxy groups -OCH3 is 1. The molecule has 2 fully saturated rings. The van der Waals surface area contributed by atoms with E-state index < -0.39 is 0 Å². The van der Waals surface area contributed by atoms with Crippen molar-refractivity contribution in [1.29, 1.82) is 0 Å². The first-order valence-corrected chi connectivity index (χ1v) is 6.22. The Balaban J connectivity index is 1.68. The molecule has 1 unspecified atom stereocenters. The van der Waals surface area contributed by atoms with Crippen molar-refractivity contribution in [2.45, 2.75) is 37.8 Å². The van der Waals surface area contributed by atoms with E-state index in [-0.39, 0.29) is 0 Å². The van der Waals surface area contributed by atoms with Gasteiger partial charge in [0.05, 0.1) is 6.61 Å². The molecule has 0 saturated heterocycles. The molecule has 0 aromatic rings. The van der Waals surface area contributed by atoms with E-state index in [4.69, 9.17) is 4.74 Å². The lowest BCUT2D eigenvalue weighted by Gasteiger charge is -2.27. The van der Waals surface area contributed by atoms with Gasteiger partial charge in [-0.3, -0.25) is 4.90 Å². The molecule has 0 bridgehead atoms. The van der Waals surface area contributed by atoms with Crippen molar-refractivity contribution < 1.29 is 4.74 Å². The van der Waals surface area contributed by atoms with Crippen LogP contribution in [0.2, 0.25) is 0 Å². The fraction of sp³-hybridized carbons (Fsp3) is 1.00. The molecule has 0 aromatic heterocycles. The summed E-state index contributed by atoms with van der Waals surface area (Å²) in [5.74, 6) is 0.968. The quantitative estimate of drug-likeness (QED) is 0.652. The Kier molecular flexibility index (Phi) is 4.00. The summed E-state index contributed by atoms with van der Waals surface area (Å²) in [6.45, 7) is 3.19. The average Bonchev–Trinajstić information content (AvgIpc) is 3.04. The molecule has 1 atom stereocenters. The zero-order valence-electron chi connectivity index (χ0n) is 10.0. The maximum absolute atomic E-state index is 5.30. The van der Waals surface area contributed by atoms with Crippen molar-refractivity contribution in [2.75, 3.05) is 33.9 Å². The molecule has 2 aliphatic carbocycles. The van der Waals surface area contributed by atoms with Gasteiger partial charge < -0.3 is 10.1 Å². The molecule has 1 N–H and O–H groups in total. The van der Waals surface area contributed by atoms with Crippen LogP contribution in [0.5, 0.6) is 0 Å². The van der Waals surface area contributed by atoms with Gasteiger partial charge in [0.15, 0.2) is 0 Å². The monoisotopic (exact) mass is 212 g/mol. The van der Waals surface area contributed by atoms with Crippen molar-refractivity contribution in [2.24, 2.45) is 5.92 Å². The van der Waals surface area contributed by atoms with Gasteiger partial charge in [-0.2, -0.15) is 0 Å². The number of hydrogen-bond donors (Lipinski definition) is 1. The van der Waals surface area contributed by atoms with E-state index in [1.807, 2.05) is 0 Å². The summed E-state index contributed by atoms with van der Waals surface area (Å²) in [5.41, 5.74) is 0. The third-order valence-electron chi connectivity index (χ3n) is 3.45. The Morgan fingerprint density at radius 2 is 2.07 bits per heavy atom. The summed E-state index contributed by atoms with van der Waals surface area (Å²) >= 11 is 0. The molecule has 88 valence electrons. The predicted octanol–water partition coefficient (Wildman–Crippen LogP) is 1.10. The zero-order valence-corrected chi connectivity index (χ0v) is 10.0. The first-order valence-electron chi connectivity index (χ1n) is 6.22. The van der Waals surface area contributed by atoms with Gasteiger partial charge in [0, 0.05) is 32.3 Å². The minimum Gasteiger partial charge on any atom is -0.383 e. The van der Waals surface area contributed by atoms with Crippen LogP contribution in [0.1, 0.15) is 25.7 Å². The highest BCUT2D eigenvalue weighted by atomic mass is 16.5. The number of hydrogen-bond acceptors (Lipinski definition) is 3. The Labute approximate surface area is 93.2 Å². The fourth-order valence-electron chi connectivity index (χ4n) is 1.98. The van der Waals surface area contributed by atoms with Gasteiger partial charge in [-0.1, -0.05) is 0 Å². The number of nitrogens with zero attached hydrogens (tertiary/aromatic N) is 1. The molecular weight excluding hydrogens is 188 g/mol.